The summed E-state index contributed by atoms with van der Waals surface area (Å²) >= 11 is 6.08. The monoisotopic (exact) mass is 425 g/mol. The van der Waals surface area contributed by atoms with Crippen molar-refractivity contribution < 1.29 is 9.84 Å². The summed E-state index contributed by atoms with van der Waals surface area (Å²) in [5.74, 6) is 0.883. The van der Waals surface area contributed by atoms with Crippen LogP contribution in [0.3, 0.4) is 0 Å². The van der Waals surface area contributed by atoms with E-state index in [0.29, 0.717) is 6.04 Å². The number of rotatable bonds is 7. The Balaban J connectivity index is 1.42. The molecule has 1 aliphatic rings. The van der Waals surface area contributed by atoms with Crippen LogP contribution in [0.1, 0.15) is 17.7 Å². The van der Waals surface area contributed by atoms with Gasteiger partial charge in [-0.05, 0) is 48.4 Å². The number of aliphatic hydroxyl groups is 1. The van der Waals surface area contributed by atoms with E-state index in [9.17, 15) is 5.11 Å². The van der Waals surface area contributed by atoms with Gasteiger partial charge in [0.25, 0.3) is 0 Å². The van der Waals surface area contributed by atoms with Crippen LogP contribution in [0.4, 0.5) is 0 Å². The van der Waals surface area contributed by atoms with Gasteiger partial charge in [-0.2, -0.15) is 0 Å². The molecule has 1 aliphatic heterocycles. The summed E-state index contributed by atoms with van der Waals surface area (Å²) in [7, 11) is 1.70. The number of ether oxygens (including phenoxy) is 1. The number of fused-ring (bicyclic) bond motifs is 1. The van der Waals surface area contributed by atoms with Gasteiger partial charge in [0, 0.05) is 55.8 Å². The predicted molar refractivity (Wildman–Crippen MR) is 121 cm³/mol. The molecule has 1 N–H and O–H groups in total. The highest BCUT2D eigenvalue weighted by Gasteiger charge is 2.27. The van der Waals surface area contributed by atoms with Crippen LogP contribution >= 0.6 is 11.6 Å². The van der Waals surface area contributed by atoms with Gasteiger partial charge in [0.2, 0.25) is 0 Å². The molecular formula is C24H28ClN3O2. The smallest absolute Gasteiger partial charge is 0.119 e. The minimum atomic E-state index is 0.197. The summed E-state index contributed by atoms with van der Waals surface area (Å²) in [6.45, 7) is 4.74. The molecule has 1 atom stereocenters. The summed E-state index contributed by atoms with van der Waals surface area (Å²) in [4.78, 5) is 9.72. The third-order valence-corrected chi connectivity index (χ3v) is 6.00. The maximum atomic E-state index is 9.61. The summed E-state index contributed by atoms with van der Waals surface area (Å²) < 4.78 is 5.36. The fourth-order valence-electron chi connectivity index (χ4n) is 4.19. The summed E-state index contributed by atoms with van der Waals surface area (Å²) in [6.07, 6.45) is 0.768. The standard InChI is InChI=1S/C24H28ClN3O2/c1-30-23-4-2-3-18(13-23)15-28-11-10-27(17-22(28)9-12-29)16-21-7-5-19-14-20(25)6-8-24(19)26-21/h2-8,13-14,22,29H,9-12,15-17H2,1H3. The highest BCUT2D eigenvalue weighted by atomic mass is 35.5. The number of methoxy groups -OCH3 is 1. The lowest BCUT2D eigenvalue weighted by atomic mass is 10.1. The van der Waals surface area contributed by atoms with Gasteiger partial charge in [-0.1, -0.05) is 29.8 Å². The average molecular weight is 426 g/mol. The minimum Gasteiger partial charge on any atom is -0.497 e. The van der Waals surface area contributed by atoms with E-state index in [2.05, 4.69) is 34.1 Å². The zero-order chi connectivity index (χ0) is 20.9. The molecule has 2 heterocycles. The van der Waals surface area contributed by atoms with E-state index in [-0.39, 0.29) is 6.61 Å². The summed E-state index contributed by atoms with van der Waals surface area (Å²) in [6, 6.07) is 18.5. The van der Waals surface area contributed by atoms with Crippen LogP contribution < -0.4 is 4.74 Å². The van der Waals surface area contributed by atoms with Gasteiger partial charge in [0.05, 0.1) is 18.3 Å². The molecule has 5 nitrogen and oxygen atoms in total. The minimum absolute atomic E-state index is 0.197. The quantitative estimate of drug-likeness (QED) is 0.620. The van der Waals surface area contributed by atoms with E-state index in [1.807, 2.05) is 30.3 Å². The Morgan fingerprint density at radius 3 is 2.83 bits per heavy atom. The van der Waals surface area contributed by atoms with Crippen LogP contribution in [0.2, 0.25) is 5.02 Å². The number of aliphatic hydroxyl groups excluding tert-OH is 1. The molecule has 0 saturated carbocycles. The number of pyridine rings is 1. The first-order chi connectivity index (χ1) is 14.6. The van der Waals surface area contributed by atoms with Gasteiger partial charge in [-0.3, -0.25) is 14.8 Å². The lowest BCUT2D eigenvalue weighted by Gasteiger charge is -2.41. The van der Waals surface area contributed by atoms with Crippen LogP contribution in [0.25, 0.3) is 10.9 Å². The molecule has 1 unspecified atom stereocenters. The zero-order valence-corrected chi connectivity index (χ0v) is 18.1. The number of hydrogen-bond acceptors (Lipinski definition) is 5. The first-order valence-electron chi connectivity index (χ1n) is 10.4. The lowest BCUT2D eigenvalue weighted by Crippen LogP contribution is -2.52. The van der Waals surface area contributed by atoms with Crippen molar-refractivity contribution in [1.82, 2.24) is 14.8 Å². The van der Waals surface area contributed by atoms with E-state index in [4.69, 9.17) is 21.3 Å². The Bertz CT molecular complexity index is 997. The molecule has 3 aromatic rings. The van der Waals surface area contributed by atoms with Crippen molar-refractivity contribution >= 4 is 22.5 Å². The van der Waals surface area contributed by atoms with Crippen LogP contribution in [0.5, 0.6) is 5.75 Å². The number of halogens is 1. The highest BCUT2D eigenvalue weighted by Crippen LogP contribution is 2.22. The Morgan fingerprint density at radius 2 is 2.00 bits per heavy atom. The Labute approximate surface area is 182 Å². The van der Waals surface area contributed by atoms with Gasteiger partial charge in [0.1, 0.15) is 5.75 Å². The average Bonchev–Trinajstić information content (AvgIpc) is 2.76. The van der Waals surface area contributed by atoms with E-state index in [1.165, 1.54) is 5.56 Å². The summed E-state index contributed by atoms with van der Waals surface area (Å²) in [5.41, 5.74) is 3.27. The number of nitrogens with zero attached hydrogens (tertiary/aromatic N) is 3. The number of hydrogen-bond donors (Lipinski definition) is 1. The third-order valence-electron chi connectivity index (χ3n) is 5.77. The first-order valence-corrected chi connectivity index (χ1v) is 10.8. The Morgan fingerprint density at radius 1 is 1.10 bits per heavy atom. The van der Waals surface area contributed by atoms with Crippen molar-refractivity contribution in [3.05, 3.63) is 70.9 Å². The maximum Gasteiger partial charge on any atom is 0.119 e. The molecule has 0 bridgehead atoms. The van der Waals surface area contributed by atoms with E-state index in [0.717, 1.165) is 66.5 Å². The molecule has 0 aliphatic carbocycles. The van der Waals surface area contributed by atoms with Crippen molar-refractivity contribution in [2.75, 3.05) is 33.4 Å². The first kappa shape index (κ1) is 21.1. The normalized spacial score (nSPS) is 18.0. The molecule has 158 valence electrons. The molecule has 0 spiro atoms. The van der Waals surface area contributed by atoms with Crippen molar-refractivity contribution in [3.8, 4) is 5.75 Å². The van der Waals surface area contributed by atoms with Gasteiger partial charge in [-0.25, -0.2) is 0 Å². The predicted octanol–water partition coefficient (Wildman–Crippen LogP) is 3.97. The molecule has 1 aromatic heterocycles. The van der Waals surface area contributed by atoms with Crippen LogP contribution in [0.15, 0.2) is 54.6 Å². The van der Waals surface area contributed by atoms with Crippen LogP contribution in [0, 0.1) is 0 Å². The maximum absolute atomic E-state index is 9.61. The molecule has 6 heteroatoms. The van der Waals surface area contributed by atoms with Crippen molar-refractivity contribution in [2.45, 2.75) is 25.6 Å². The molecule has 4 rings (SSSR count). The zero-order valence-electron chi connectivity index (χ0n) is 17.3. The van der Waals surface area contributed by atoms with E-state index in [1.54, 1.807) is 7.11 Å². The molecule has 2 aromatic carbocycles. The largest absolute Gasteiger partial charge is 0.497 e. The molecular weight excluding hydrogens is 398 g/mol. The van der Waals surface area contributed by atoms with Crippen molar-refractivity contribution in [1.29, 1.82) is 0 Å². The Hall–Kier alpha value is -2.18. The van der Waals surface area contributed by atoms with Crippen molar-refractivity contribution in [3.63, 3.8) is 0 Å². The molecule has 1 saturated heterocycles. The second-order valence-electron chi connectivity index (χ2n) is 7.86. The third kappa shape index (κ3) is 5.10. The SMILES string of the molecule is COc1cccc(CN2CCN(Cc3ccc4cc(Cl)ccc4n3)CC2CCO)c1. The van der Waals surface area contributed by atoms with Gasteiger partial charge < -0.3 is 9.84 Å². The molecule has 30 heavy (non-hydrogen) atoms. The molecule has 0 amide bonds. The van der Waals surface area contributed by atoms with Crippen LogP contribution in [-0.2, 0) is 13.1 Å². The summed E-state index contributed by atoms with van der Waals surface area (Å²) in [5, 5.41) is 11.4. The van der Waals surface area contributed by atoms with Crippen molar-refractivity contribution in [2.24, 2.45) is 0 Å². The topological polar surface area (TPSA) is 48.8 Å². The van der Waals surface area contributed by atoms with E-state index < -0.39 is 0 Å². The number of piperazine rings is 1. The number of aromatic nitrogens is 1. The van der Waals surface area contributed by atoms with Gasteiger partial charge >= 0.3 is 0 Å². The lowest BCUT2D eigenvalue weighted by molar-refractivity contribution is 0.0494. The fourth-order valence-corrected chi connectivity index (χ4v) is 4.37. The molecule has 1 fully saturated rings. The number of benzene rings is 2. The fraction of sp³-hybridized carbons (Fsp3) is 0.375. The second kappa shape index (κ2) is 9.75. The van der Waals surface area contributed by atoms with Crippen LogP contribution in [-0.4, -0.2) is 59.3 Å². The Kier molecular flexibility index (Phi) is 6.85. The highest BCUT2D eigenvalue weighted by molar-refractivity contribution is 6.31. The van der Waals surface area contributed by atoms with E-state index >= 15 is 0 Å². The van der Waals surface area contributed by atoms with Gasteiger partial charge in [0.15, 0.2) is 0 Å². The second-order valence-corrected chi connectivity index (χ2v) is 8.30. The van der Waals surface area contributed by atoms with Gasteiger partial charge in [-0.15, -0.1) is 0 Å². The molecule has 0 radical (unpaired) electrons.